The van der Waals surface area contributed by atoms with Gasteiger partial charge in [-0.3, -0.25) is 14.5 Å². The lowest BCUT2D eigenvalue weighted by molar-refractivity contribution is -0.123. The number of carbonyl (C=O) groups excluding carboxylic acids is 2. The second-order valence-electron chi connectivity index (χ2n) is 7.04. The Kier molecular flexibility index (Phi) is 5.41. The van der Waals surface area contributed by atoms with E-state index in [0.717, 1.165) is 22.9 Å². The zero-order valence-electron chi connectivity index (χ0n) is 14.9. The molecule has 4 nitrogen and oxygen atoms in total. The van der Waals surface area contributed by atoms with Gasteiger partial charge in [-0.25, -0.2) is 0 Å². The molecule has 2 aromatic rings. The minimum atomic E-state index is -0.254. The van der Waals surface area contributed by atoms with Crippen molar-refractivity contribution in [2.24, 2.45) is 0 Å². The first kappa shape index (κ1) is 18.4. The second-order valence-corrected chi connectivity index (χ2v) is 8.44. The first-order valence-electron chi connectivity index (χ1n) is 9.28. The molecule has 1 aromatic heterocycles. The predicted molar refractivity (Wildman–Crippen MR) is 110 cm³/mol. The van der Waals surface area contributed by atoms with E-state index in [1.807, 2.05) is 30.3 Å². The summed E-state index contributed by atoms with van der Waals surface area (Å²) in [5.41, 5.74) is 1.73. The molecule has 6 heteroatoms. The average Bonchev–Trinajstić information content (AvgIpc) is 3.25. The van der Waals surface area contributed by atoms with Crippen LogP contribution in [0, 0.1) is 0 Å². The van der Waals surface area contributed by atoms with E-state index in [9.17, 15) is 9.59 Å². The largest absolute Gasteiger partial charge is 0.351 e. The maximum Gasteiger partial charge on any atom is 0.293 e. The van der Waals surface area contributed by atoms with Crippen LogP contribution in [-0.4, -0.2) is 20.6 Å². The smallest absolute Gasteiger partial charge is 0.293 e. The van der Waals surface area contributed by atoms with Crippen LogP contribution in [0.1, 0.15) is 49.3 Å². The van der Waals surface area contributed by atoms with Crippen molar-refractivity contribution in [1.82, 2.24) is 9.47 Å². The van der Waals surface area contributed by atoms with Gasteiger partial charge in [0.15, 0.2) is 0 Å². The van der Waals surface area contributed by atoms with Gasteiger partial charge in [-0.05, 0) is 53.9 Å². The highest BCUT2D eigenvalue weighted by atomic mass is 35.5. The van der Waals surface area contributed by atoms with Gasteiger partial charge in [0.2, 0.25) is 0 Å². The Morgan fingerprint density at radius 3 is 2.67 bits per heavy atom. The molecule has 1 aliphatic carbocycles. The Labute approximate surface area is 168 Å². The molecule has 0 radical (unpaired) electrons. The monoisotopic (exact) mass is 400 g/mol. The van der Waals surface area contributed by atoms with Crippen molar-refractivity contribution < 1.29 is 9.59 Å². The van der Waals surface area contributed by atoms with Gasteiger partial charge in [0.1, 0.15) is 0 Å². The molecule has 1 aliphatic heterocycles. The number of amides is 2. The van der Waals surface area contributed by atoms with Crippen LogP contribution in [0.25, 0.3) is 6.08 Å². The molecular weight excluding hydrogens is 380 g/mol. The highest BCUT2D eigenvalue weighted by Crippen LogP contribution is 2.35. The van der Waals surface area contributed by atoms with Crippen molar-refractivity contribution in [3.05, 3.63) is 63.8 Å². The summed E-state index contributed by atoms with van der Waals surface area (Å²) < 4.78 is 2.25. The molecule has 0 N–H and O–H groups in total. The van der Waals surface area contributed by atoms with Gasteiger partial charge in [-0.1, -0.05) is 49.1 Å². The van der Waals surface area contributed by atoms with E-state index in [4.69, 9.17) is 11.6 Å². The Morgan fingerprint density at radius 1 is 1.11 bits per heavy atom. The van der Waals surface area contributed by atoms with Crippen molar-refractivity contribution in [1.29, 1.82) is 0 Å². The number of aromatic nitrogens is 1. The molecule has 2 fully saturated rings. The van der Waals surface area contributed by atoms with Gasteiger partial charge >= 0.3 is 0 Å². The van der Waals surface area contributed by atoms with Crippen LogP contribution in [0.5, 0.6) is 0 Å². The molecule has 0 atom stereocenters. The lowest BCUT2D eigenvalue weighted by atomic mass is 9.95. The molecule has 4 rings (SSSR count). The summed E-state index contributed by atoms with van der Waals surface area (Å²) in [6.07, 6.45) is 12.3. The fourth-order valence-corrected chi connectivity index (χ4v) is 4.74. The van der Waals surface area contributed by atoms with Crippen LogP contribution in [0.4, 0.5) is 4.79 Å². The molecule has 1 aromatic carbocycles. The van der Waals surface area contributed by atoms with Gasteiger partial charge in [-0.15, -0.1) is 0 Å². The highest BCUT2D eigenvalue weighted by Gasteiger charge is 2.35. The topological polar surface area (TPSA) is 42.3 Å². The summed E-state index contributed by atoms with van der Waals surface area (Å²) >= 11 is 7.16. The molecule has 1 saturated heterocycles. The van der Waals surface area contributed by atoms with Crippen molar-refractivity contribution in [2.45, 2.75) is 44.7 Å². The molecular formula is C21H21ClN2O2S. The molecule has 27 heavy (non-hydrogen) atoms. The molecule has 2 heterocycles. The maximum atomic E-state index is 12.7. The van der Waals surface area contributed by atoms with Crippen molar-refractivity contribution >= 4 is 40.6 Å². The van der Waals surface area contributed by atoms with Gasteiger partial charge in [-0.2, -0.15) is 0 Å². The van der Waals surface area contributed by atoms with E-state index in [2.05, 4.69) is 17.0 Å². The summed E-state index contributed by atoms with van der Waals surface area (Å²) in [7, 11) is 0. The van der Waals surface area contributed by atoms with Crippen LogP contribution in [0.15, 0.2) is 47.6 Å². The highest BCUT2D eigenvalue weighted by molar-refractivity contribution is 8.18. The lowest BCUT2D eigenvalue weighted by Crippen LogP contribution is -2.27. The van der Waals surface area contributed by atoms with Gasteiger partial charge in [0, 0.05) is 23.5 Å². The fourth-order valence-electron chi connectivity index (χ4n) is 3.71. The van der Waals surface area contributed by atoms with Crippen LogP contribution < -0.4 is 0 Å². The normalized spacial score (nSPS) is 20.0. The number of rotatable bonds is 4. The van der Waals surface area contributed by atoms with Crippen LogP contribution in [-0.2, 0) is 11.3 Å². The molecule has 0 spiro atoms. The van der Waals surface area contributed by atoms with E-state index < -0.39 is 0 Å². The Balaban J connectivity index is 1.50. The standard InChI is InChI=1S/C21H21ClN2O2S/c22-18-9-5-4-6-16(18)14-24-20(25)19(27-21(24)26)12-15-10-11-23(13-15)17-7-2-1-3-8-17/h4-6,9-13,17H,1-3,7-8,14H2/b19-12+. The van der Waals surface area contributed by atoms with Gasteiger partial charge in [0.05, 0.1) is 11.4 Å². The van der Waals surface area contributed by atoms with Gasteiger partial charge in [0.25, 0.3) is 11.1 Å². The summed E-state index contributed by atoms with van der Waals surface area (Å²) in [6, 6.07) is 9.84. The van der Waals surface area contributed by atoms with Crippen molar-refractivity contribution in [2.75, 3.05) is 0 Å². The molecule has 0 bridgehead atoms. The predicted octanol–water partition coefficient (Wildman–Crippen LogP) is 5.88. The number of hydrogen-bond donors (Lipinski definition) is 0. The Morgan fingerprint density at radius 2 is 1.89 bits per heavy atom. The van der Waals surface area contributed by atoms with Gasteiger partial charge < -0.3 is 4.57 Å². The molecule has 0 unspecified atom stereocenters. The Hall–Kier alpha value is -1.98. The number of benzene rings is 1. The zero-order valence-corrected chi connectivity index (χ0v) is 16.5. The fraction of sp³-hybridized carbons (Fsp3) is 0.333. The number of carbonyl (C=O) groups is 2. The van der Waals surface area contributed by atoms with Crippen molar-refractivity contribution in [3.8, 4) is 0 Å². The number of thioether (sulfide) groups is 1. The van der Waals surface area contributed by atoms with Crippen molar-refractivity contribution in [3.63, 3.8) is 0 Å². The summed E-state index contributed by atoms with van der Waals surface area (Å²) in [5.74, 6) is -0.254. The minimum absolute atomic E-state index is 0.199. The van der Waals surface area contributed by atoms with Crippen LogP contribution in [0.3, 0.4) is 0 Å². The van der Waals surface area contributed by atoms with Crippen LogP contribution in [0.2, 0.25) is 5.02 Å². The summed E-state index contributed by atoms with van der Waals surface area (Å²) in [6.45, 7) is 0.199. The van der Waals surface area contributed by atoms with E-state index in [1.165, 1.54) is 37.0 Å². The quantitative estimate of drug-likeness (QED) is 0.601. The number of hydrogen-bond acceptors (Lipinski definition) is 3. The SMILES string of the molecule is O=C1S/C(=C/c2ccn(C3CCCCC3)c2)C(=O)N1Cc1ccccc1Cl. The third-order valence-electron chi connectivity index (χ3n) is 5.19. The molecule has 1 saturated carbocycles. The third kappa shape index (κ3) is 3.99. The Bertz CT molecular complexity index is 899. The molecule has 2 aliphatic rings. The number of nitrogens with zero attached hydrogens (tertiary/aromatic N) is 2. The minimum Gasteiger partial charge on any atom is -0.351 e. The second kappa shape index (κ2) is 7.95. The number of imide groups is 1. The lowest BCUT2D eigenvalue weighted by Gasteiger charge is -2.23. The number of halogens is 1. The maximum absolute atomic E-state index is 12.7. The first-order chi connectivity index (χ1) is 13.1. The van der Waals surface area contributed by atoms with E-state index >= 15 is 0 Å². The summed E-state index contributed by atoms with van der Waals surface area (Å²) in [5, 5.41) is 0.308. The van der Waals surface area contributed by atoms with E-state index in [-0.39, 0.29) is 17.7 Å². The first-order valence-corrected chi connectivity index (χ1v) is 10.5. The van der Waals surface area contributed by atoms with Crippen LogP contribution >= 0.6 is 23.4 Å². The third-order valence-corrected chi connectivity index (χ3v) is 6.47. The molecule has 2 amide bonds. The summed E-state index contributed by atoms with van der Waals surface area (Å²) in [4.78, 5) is 26.8. The van der Waals surface area contributed by atoms with E-state index in [0.29, 0.717) is 16.0 Å². The average molecular weight is 401 g/mol. The molecule has 140 valence electrons. The van der Waals surface area contributed by atoms with E-state index in [1.54, 1.807) is 6.07 Å². The zero-order chi connectivity index (χ0) is 18.8.